The highest BCUT2D eigenvalue weighted by Gasteiger charge is 2.33. The summed E-state index contributed by atoms with van der Waals surface area (Å²) in [6.07, 6.45) is 3.07. The van der Waals surface area contributed by atoms with Crippen LogP contribution in [0.15, 0.2) is 24.3 Å². The van der Waals surface area contributed by atoms with Gasteiger partial charge in [0.2, 0.25) is 5.91 Å². The Labute approximate surface area is 162 Å². The molecule has 1 aromatic rings. The molecule has 6 heteroatoms. The number of nitrogens with one attached hydrogen (secondary N) is 1. The molecule has 0 aromatic heterocycles. The summed E-state index contributed by atoms with van der Waals surface area (Å²) in [5, 5.41) is 3.32. The van der Waals surface area contributed by atoms with E-state index < -0.39 is 0 Å². The minimum absolute atomic E-state index is 0. The van der Waals surface area contributed by atoms with Crippen molar-refractivity contribution in [3.63, 3.8) is 0 Å². The number of carbonyl (C=O) groups is 1. The van der Waals surface area contributed by atoms with Crippen molar-refractivity contribution in [1.82, 2.24) is 10.2 Å². The number of benzene rings is 1. The smallest absolute Gasteiger partial charge is 0.242 e. The lowest BCUT2D eigenvalue weighted by molar-refractivity contribution is -0.141. The van der Waals surface area contributed by atoms with Gasteiger partial charge in [-0.15, -0.1) is 12.4 Å². The number of carbonyl (C=O) groups excluding carboxylic acids is 1. The fraction of sp³-hybridized carbons (Fsp3) is 0.650. The zero-order valence-electron chi connectivity index (χ0n) is 15.8. The number of morpholine rings is 1. The molecule has 26 heavy (non-hydrogen) atoms. The second-order valence-corrected chi connectivity index (χ2v) is 7.16. The lowest BCUT2D eigenvalue weighted by Gasteiger charge is -2.35. The van der Waals surface area contributed by atoms with Gasteiger partial charge in [-0.05, 0) is 38.7 Å². The van der Waals surface area contributed by atoms with Crippen LogP contribution in [0.3, 0.4) is 0 Å². The number of ether oxygens (including phenoxy) is 2. The number of rotatable bonds is 6. The first kappa shape index (κ1) is 21.2. The summed E-state index contributed by atoms with van der Waals surface area (Å²) in [6.45, 7) is 7.66. The van der Waals surface area contributed by atoms with Crippen LogP contribution in [-0.4, -0.2) is 61.9 Å². The fourth-order valence-corrected chi connectivity index (χ4v) is 3.55. The molecule has 2 aliphatic rings. The van der Waals surface area contributed by atoms with E-state index in [4.69, 9.17) is 9.47 Å². The summed E-state index contributed by atoms with van der Waals surface area (Å²) in [5.41, 5.74) is 2.52. The third kappa shape index (κ3) is 5.68. The molecule has 1 amide bonds. The lowest BCUT2D eigenvalue weighted by Crippen LogP contribution is -2.57. The standard InChI is InChI=1S/C20H30N2O3.ClH/c1-15-5-7-17(8-6-15)9-11-22(14-18-4-3-12-25-18)20(23)19-16(2)24-13-10-21-19;/h5-8,16,18-19,21H,3-4,9-14H2,1-2H3;1H/t16-,18?,19+;/m1./s1. The van der Waals surface area contributed by atoms with Crippen molar-refractivity contribution in [2.75, 3.05) is 32.8 Å². The minimum atomic E-state index is -0.256. The van der Waals surface area contributed by atoms with Crippen molar-refractivity contribution in [2.24, 2.45) is 0 Å². The quantitative estimate of drug-likeness (QED) is 0.820. The number of halogens is 1. The second kappa shape index (κ2) is 10.3. The normalized spacial score (nSPS) is 25.5. The van der Waals surface area contributed by atoms with Gasteiger partial charge in [0, 0.05) is 26.2 Å². The Morgan fingerprint density at radius 1 is 1.23 bits per heavy atom. The van der Waals surface area contributed by atoms with Crippen LogP contribution in [0.2, 0.25) is 0 Å². The molecule has 3 rings (SSSR count). The van der Waals surface area contributed by atoms with Gasteiger partial charge in [0.05, 0.1) is 18.8 Å². The molecule has 2 fully saturated rings. The summed E-state index contributed by atoms with van der Waals surface area (Å²) in [4.78, 5) is 15.1. The molecule has 1 aromatic carbocycles. The molecule has 0 radical (unpaired) electrons. The first-order valence-electron chi connectivity index (χ1n) is 9.44. The minimum Gasteiger partial charge on any atom is -0.376 e. The van der Waals surface area contributed by atoms with Crippen LogP contribution >= 0.6 is 12.4 Å². The molecule has 2 heterocycles. The molecule has 0 saturated carbocycles. The van der Waals surface area contributed by atoms with E-state index in [1.165, 1.54) is 11.1 Å². The average molecular weight is 383 g/mol. The monoisotopic (exact) mass is 382 g/mol. The van der Waals surface area contributed by atoms with E-state index in [2.05, 4.69) is 36.5 Å². The zero-order chi connectivity index (χ0) is 17.6. The maximum atomic E-state index is 13.1. The Kier molecular flexibility index (Phi) is 8.35. The van der Waals surface area contributed by atoms with Crippen LogP contribution in [0.25, 0.3) is 0 Å². The van der Waals surface area contributed by atoms with Crippen LogP contribution in [-0.2, 0) is 20.7 Å². The SMILES string of the molecule is Cc1ccc(CCN(CC2CCCO2)C(=O)[C@H]2NCCO[C@@H]2C)cc1.Cl. The Hall–Kier alpha value is -1.14. The van der Waals surface area contributed by atoms with Gasteiger partial charge in [0.25, 0.3) is 0 Å². The molecule has 0 bridgehead atoms. The van der Waals surface area contributed by atoms with Gasteiger partial charge >= 0.3 is 0 Å². The summed E-state index contributed by atoms with van der Waals surface area (Å²) in [5.74, 6) is 0.134. The van der Waals surface area contributed by atoms with Crippen molar-refractivity contribution in [3.8, 4) is 0 Å². The molecule has 146 valence electrons. The Morgan fingerprint density at radius 3 is 2.65 bits per heavy atom. The maximum absolute atomic E-state index is 13.1. The predicted molar refractivity (Wildman–Crippen MR) is 105 cm³/mol. The van der Waals surface area contributed by atoms with Crippen LogP contribution in [0.4, 0.5) is 0 Å². The summed E-state index contributed by atoms with van der Waals surface area (Å²) < 4.78 is 11.4. The van der Waals surface area contributed by atoms with Gasteiger partial charge in [-0.1, -0.05) is 29.8 Å². The van der Waals surface area contributed by atoms with E-state index in [0.29, 0.717) is 19.7 Å². The van der Waals surface area contributed by atoms with Crippen molar-refractivity contribution >= 4 is 18.3 Å². The third-order valence-electron chi connectivity index (χ3n) is 5.13. The van der Waals surface area contributed by atoms with E-state index in [1.807, 2.05) is 11.8 Å². The molecule has 0 aliphatic carbocycles. The van der Waals surface area contributed by atoms with Crippen molar-refractivity contribution in [1.29, 1.82) is 0 Å². The van der Waals surface area contributed by atoms with Crippen LogP contribution < -0.4 is 5.32 Å². The molecule has 1 unspecified atom stereocenters. The van der Waals surface area contributed by atoms with Crippen molar-refractivity contribution in [3.05, 3.63) is 35.4 Å². The molecule has 5 nitrogen and oxygen atoms in total. The number of amides is 1. The fourth-order valence-electron chi connectivity index (χ4n) is 3.55. The molecule has 0 spiro atoms. The van der Waals surface area contributed by atoms with Gasteiger partial charge in [-0.3, -0.25) is 4.79 Å². The van der Waals surface area contributed by atoms with E-state index >= 15 is 0 Å². The second-order valence-electron chi connectivity index (χ2n) is 7.16. The van der Waals surface area contributed by atoms with Crippen LogP contribution in [0.1, 0.15) is 30.9 Å². The summed E-state index contributed by atoms with van der Waals surface area (Å²) in [7, 11) is 0. The van der Waals surface area contributed by atoms with E-state index in [1.54, 1.807) is 0 Å². The van der Waals surface area contributed by atoms with Gasteiger partial charge in [0.1, 0.15) is 6.04 Å². The highest BCUT2D eigenvalue weighted by Crippen LogP contribution is 2.16. The average Bonchev–Trinajstić information content (AvgIpc) is 3.13. The Bertz CT molecular complexity index is 561. The number of aryl methyl sites for hydroxylation is 1. The van der Waals surface area contributed by atoms with Gasteiger partial charge in [-0.2, -0.15) is 0 Å². The van der Waals surface area contributed by atoms with E-state index in [9.17, 15) is 4.79 Å². The van der Waals surface area contributed by atoms with Crippen molar-refractivity contribution in [2.45, 2.75) is 51.4 Å². The largest absolute Gasteiger partial charge is 0.376 e. The summed E-state index contributed by atoms with van der Waals surface area (Å²) in [6, 6.07) is 8.29. The molecule has 3 atom stereocenters. The number of hydrogen-bond acceptors (Lipinski definition) is 4. The first-order chi connectivity index (χ1) is 12.1. The van der Waals surface area contributed by atoms with Gasteiger partial charge in [-0.25, -0.2) is 0 Å². The first-order valence-corrected chi connectivity index (χ1v) is 9.44. The third-order valence-corrected chi connectivity index (χ3v) is 5.13. The Balaban J connectivity index is 0.00000243. The molecule has 2 saturated heterocycles. The number of nitrogens with zero attached hydrogens (tertiary/aromatic N) is 1. The topological polar surface area (TPSA) is 50.8 Å². The highest BCUT2D eigenvalue weighted by atomic mass is 35.5. The van der Waals surface area contributed by atoms with E-state index in [-0.39, 0.29) is 36.6 Å². The van der Waals surface area contributed by atoms with Gasteiger partial charge < -0.3 is 19.7 Å². The Morgan fingerprint density at radius 2 is 2.00 bits per heavy atom. The maximum Gasteiger partial charge on any atom is 0.242 e. The van der Waals surface area contributed by atoms with E-state index in [0.717, 1.165) is 32.4 Å². The lowest BCUT2D eigenvalue weighted by atomic mass is 10.1. The molecule has 1 N–H and O–H groups in total. The molecular weight excluding hydrogens is 352 g/mol. The predicted octanol–water partition coefficient (Wildman–Crippen LogP) is 2.34. The molecular formula is C20H31ClN2O3. The van der Waals surface area contributed by atoms with Crippen LogP contribution in [0.5, 0.6) is 0 Å². The van der Waals surface area contributed by atoms with Crippen molar-refractivity contribution < 1.29 is 14.3 Å². The number of hydrogen-bond donors (Lipinski definition) is 1. The van der Waals surface area contributed by atoms with Gasteiger partial charge in [0.15, 0.2) is 0 Å². The summed E-state index contributed by atoms with van der Waals surface area (Å²) >= 11 is 0. The zero-order valence-corrected chi connectivity index (χ0v) is 16.6. The molecule has 2 aliphatic heterocycles. The highest BCUT2D eigenvalue weighted by molar-refractivity contribution is 5.85. The van der Waals surface area contributed by atoms with Crippen LogP contribution in [0, 0.1) is 6.92 Å².